The summed E-state index contributed by atoms with van der Waals surface area (Å²) < 4.78 is 4.66. The Hall–Kier alpha value is -1.51. The molecule has 3 heteroatoms. The second-order valence-electron chi connectivity index (χ2n) is 3.56. The Kier molecular flexibility index (Phi) is 4.16. The van der Waals surface area contributed by atoms with Crippen LogP contribution in [0.3, 0.4) is 0 Å². The van der Waals surface area contributed by atoms with Crippen molar-refractivity contribution in [2.75, 3.05) is 12.8 Å². The van der Waals surface area contributed by atoms with Crippen LogP contribution in [0.25, 0.3) is 0 Å². The van der Waals surface area contributed by atoms with E-state index in [4.69, 9.17) is 5.73 Å². The average Bonchev–Trinajstić information content (AvgIpc) is 2.25. The van der Waals surface area contributed by atoms with Gasteiger partial charge in [-0.2, -0.15) is 0 Å². The second-order valence-corrected chi connectivity index (χ2v) is 3.56. The van der Waals surface area contributed by atoms with Crippen molar-refractivity contribution in [1.82, 2.24) is 0 Å². The summed E-state index contributed by atoms with van der Waals surface area (Å²) in [6.07, 6.45) is 1.31. The number of anilines is 1. The van der Waals surface area contributed by atoms with Gasteiger partial charge in [0.2, 0.25) is 0 Å². The molecule has 0 saturated heterocycles. The smallest absolute Gasteiger partial charge is 0.306 e. The highest BCUT2D eigenvalue weighted by Gasteiger charge is 2.14. The van der Waals surface area contributed by atoms with E-state index in [1.807, 2.05) is 24.3 Å². The van der Waals surface area contributed by atoms with Gasteiger partial charge in [-0.15, -0.1) is 0 Å². The van der Waals surface area contributed by atoms with Crippen LogP contribution in [-0.2, 0) is 9.53 Å². The summed E-state index contributed by atoms with van der Waals surface area (Å²) in [5.74, 6) is 0.0187. The molecule has 0 aliphatic carbocycles. The number of hydrogen-bond donors (Lipinski definition) is 1. The van der Waals surface area contributed by atoms with Crippen LogP contribution < -0.4 is 5.73 Å². The molecule has 1 rings (SSSR count). The minimum Gasteiger partial charge on any atom is -0.469 e. The number of benzene rings is 1. The zero-order valence-electron chi connectivity index (χ0n) is 9.19. The van der Waals surface area contributed by atoms with Gasteiger partial charge in [-0.05, 0) is 30.0 Å². The zero-order chi connectivity index (χ0) is 11.3. The molecule has 0 aromatic heterocycles. The number of ether oxygens (including phenoxy) is 1. The van der Waals surface area contributed by atoms with E-state index in [0.717, 1.165) is 17.7 Å². The van der Waals surface area contributed by atoms with Crippen LogP contribution in [0.5, 0.6) is 0 Å². The summed E-state index contributed by atoms with van der Waals surface area (Å²) in [4.78, 5) is 11.2. The first-order chi connectivity index (χ1) is 7.17. The largest absolute Gasteiger partial charge is 0.469 e. The van der Waals surface area contributed by atoms with Gasteiger partial charge >= 0.3 is 5.97 Å². The minimum absolute atomic E-state index is 0.177. The molecular weight excluding hydrogens is 190 g/mol. The molecule has 1 aromatic carbocycles. The third-order valence-electron chi connectivity index (χ3n) is 2.52. The maximum Gasteiger partial charge on any atom is 0.306 e. The lowest BCUT2D eigenvalue weighted by Crippen LogP contribution is -2.08. The highest BCUT2D eigenvalue weighted by molar-refractivity contribution is 5.70. The summed E-state index contributed by atoms with van der Waals surface area (Å²) in [6, 6.07) is 7.66. The van der Waals surface area contributed by atoms with Crippen molar-refractivity contribution in [3.8, 4) is 0 Å². The van der Waals surface area contributed by atoms with E-state index in [9.17, 15) is 4.79 Å². The first-order valence-corrected chi connectivity index (χ1v) is 5.09. The number of rotatable bonds is 4. The summed E-state index contributed by atoms with van der Waals surface area (Å²) in [5.41, 5.74) is 7.53. The van der Waals surface area contributed by atoms with Crippen LogP contribution in [0.1, 0.15) is 31.2 Å². The van der Waals surface area contributed by atoms with Crippen molar-refractivity contribution in [3.05, 3.63) is 29.8 Å². The van der Waals surface area contributed by atoms with E-state index < -0.39 is 0 Å². The van der Waals surface area contributed by atoms with Crippen LogP contribution in [0.2, 0.25) is 0 Å². The Morgan fingerprint density at radius 2 is 2.27 bits per heavy atom. The summed E-state index contributed by atoms with van der Waals surface area (Å²) in [5, 5.41) is 0. The number of carbonyl (C=O) groups excluding carboxylic acids is 1. The quantitative estimate of drug-likeness (QED) is 0.609. The molecule has 0 fully saturated rings. The molecule has 15 heavy (non-hydrogen) atoms. The average molecular weight is 207 g/mol. The maximum atomic E-state index is 11.2. The van der Waals surface area contributed by atoms with E-state index in [-0.39, 0.29) is 11.9 Å². The standard InChI is InChI=1S/C12H17NO2/c1-3-9(8-12(14)15-2)10-5-4-6-11(13)7-10/h4-7,9H,3,8,13H2,1-2H3/t9-/m0/s1. The molecule has 0 radical (unpaired) electrons. The van der Waals surface area contributed by atoms with Gasteiger partial charge in [-0.1, -0.05) is 19.1 Å². The Labute approximate surface area is 90.2 Å². The number of hydrogen-bond acceptors (Lipinski definition) is 3. The summed E-state index contributed by atoms with van der Waals surface area (Å²) >= 11 is 0. The van der Waals surface area contributed by atoms with Gasteiger partial charge in [0.1, 0.15) is 0 Å². The van der Waals surface area contributed by atoms with Crippen LogP contribution in [0.4, 0.5) is 5.69 Å². The van der Waals surface area contributed by atoms with Gasteiger partial charge in [0, 0.05) is 5.69 Å². The van der Waals surface area contributed by atoms with Crippen molar-refractivity contribution in [3.63, 3.8) is 0 Å². The monoisotopic (exact) mass is 207 g/mol. The fourth-order valence-electron chi connectivity index (χ4n) is 1.60. The maximum absolute atomic E-state index is 11.2. The lowest BCUT2D eigenvalue weighted by molar-refractivity contribution is -0.141. The highest BCUT2D eigenvalue weighted by atomic mass is 16.5. The second kappa shape index (κ2) is 5.39. The van der Waals surface area contributed by atoms with Crippen LogP contribution >= 0.6 is 0 Å². The number of methoxy groups -OCH3 is 1. The van der Waals surface area contributed by atoms with E-state index in [0.29, 0.717) is 6.42 Å². The normalized spacial score (nSPS) is 12.1. The lowest BCUT2D eigenvalue weighted by Gasteiger charge is -2.14. The molecule has 2 N–H and O–H groups in total. The molecule has 0 spiro atoms. The number of esters is 1. The number of nitrogens with two attached hydrogens (primary N) is 1. The molecule has 1 aromatic rings. The molecule has 0 unspecified atom stereocenters. The topological polar surface area (TPSA) is 52.3 Å². The molecule has 0 amide bonds. The fraction of sp³-hybridized carbons (Fsp3) is 0.417. The molecular formula is C12H17NO2. The third-order valence-corrected chi connectivity index (χ3v) is 2.52. The SMILES string of the molecule is CC[C@@H](CC(=O)OC)c1cccc(N)c1. The number of carbonyl (C=O) groups is 1. The molecule has 82 valence electrons. The Morgan fingerprint density at radius 1 is 1.53 bits per heavy atom. The first kappa shape index (κ1) is 11.6. The van der Waals surface area contributed by atoms with Crippen molar-refractivity contribution >= 4 is 11.7 Å². The molecule has 0 aliphatic rings. The summed E-state index contributed by atoms with van der Waals surface area (Å²) in [7, 11) is 1.41. The number of nitrogen functional groups attached to an aromatic ring is 1. The predicted octanol–water partition coefficient (Wildman–Crippen LogP) is 2.33. The molecule has 0 heterocycles. The lowest BCUT2D eigenvalue weighted by atomic mass is 9.93. The van der Waals surface area contributed by atoms with Crippen molar-refractivity contribution in [2.45, 2.75) is 25.7 Å². The molecule has 0 aliphatic heterocycles. The minimum atomic E-state index is -0.177. The van der Waals surface area contributed by atoms with Crippen molar-refractivity contribution in [1.29, 1.82) is 0 Å². The van der Waals surface area contributed by atoms with Gasteiger partial charge in [-0.25, -0.2) is 0 Å². The van der Waals surface area contributed by atoms with Crippen LogP contribution in [0, 0.1) is 0 Å². The Bertz CT molecular complexity index is 336. The van der Waals surface area contributed by atoms with Crippen molar-refractivity contribution in [2.24, 2.45) is 0 Å². The fourth-order valence-corrected chi connectivity index (χ4v) is 1.60. The summed E-state index contributed by atoms with van der Waals surface area (Å²) in [6.45, 7) is 2.05. The van der Waals surface area contributed by atoms with Crippen molar-refractivity contribution < 1.29 is 9.53 Å². The van der Waals surface area contributed by atoms with Gasteiger partial charge in [0.25, 0.3) is 0 Å². The molecule has 0 bridgehead atoms. The van der Waals surface area contributed by atoms with E-state index >= 15 is 0 Å². The Morgan fingerprint density at radius 3 is 2.80 bits per heavy atom. The Balaban J connectivity index is 2.78. The molecule has 3 nitrogen and oxygen atoms in total. The van der Waals surface area contributed by atoms with Crippen LogP contribution in [0.15, 0.2) is 24.3 Å². The highest BCUT2D eigenvalue weighted by Crippen LogP contribution is 2.24. The van der Waals surface area contributed by atoms with Gasteiger partial charge in [0.15, 0.2) is 0 Å². The third kappa shape index (κ3) is 3.27. The zero-order valence-corrected chi connectivity index (χ0v) is 9.19. The van der Waals surface area contributed by atoms with Gasteiger partial charge in [-0.3, -0.25) is 4.79 Å². The van der Waals surface area contributed by atoms with Gasteiger partial charge < -0.3 is 10.5 Å². The van der Waals surface area contributed by atoms with E-state index in [1.54, 1.807) is 0 Å². The molecule has 0 saturated carbocycles. The molecule has 1 atom stereocenters. The van der Waals surface area contributed by atoms with E-state index in [2.05, 4.69) is 11.7 Å². The van der Waals surface area contributed by atoms with Gasteiger partial charge in [0.05, 0.1) is 13.5 Å². The first-order valence-electron chi connectivity index (χ1n) is 5.09. The predicted molar refractivity (Wildman–Crippen MR) is 60.5 cm³/mol. The van der Waals surface area contributed by atoms with E-state index in [1.165, 1.54) is 7.11 Å². The van der Waals surface area contributed by atoms with Crippen LogP contribution in [-0.4, -0.2) is 13.1 Å².